The summed E-state index contributed by atoms with van der Waals surface area (Å²) in [6.45, 7) is 3.78. The van der Waals surface area contributed by atoms with Gasteiger partial charge in [-0.25, -0.2) is 0 Å². The van der Waals surface area contributed by atoms with Crippen LogP contribution in [0, 0.1) is 0 Å². The van der Waals surface area contributed by atoms with Crippen LogP contribution in [0.3, 0.4) is 0 Å². The van der Waals surface area contributed by atoms with E-state index in [1.165, 1.54) is 43.4 Å². The number of amides is 1. The molecule has 3 nitrogen and oxygen atoms in total. The van der Waals surface area contributed by atoms with Crippen LogP contribution in [0.4, 0.5) is 0 Å². The Morgan fingerprint density at radius 2 is 1.71 bits per heavy atom. The fourth-order valence-electron chi connectivity index (χ4n) is 4.76. The first-order valence-electron chi connectivity index (χ1n) is 10.6. The number of nitrogens with zero attached hydrogens (tertiary/aromatic N) is 1. The maximum absolute atomic E-state index is 11.9. The van der Waals surface area contributed by atoms with Crippen LogP contribution in [-0.4, -0.2) is 36.0 Å². The number of nitrogens with one attached hydrogen (secondary N) is 1. The van der Waals surface area contributed by atoms with Crippen molar-refractivity contribution in [1.82, 2.24) is 10.2 Å². The number of benzene rings is 2. The van der Waals surface area contributed by atoms with Gasteiger partial charge in [-0.05, 0) is 62.3 Å². The van der Waals surface area contributed by atoms with Crippen molar-refractivity contribution < 1.29 is 4.79 Å². The highest BCUT2D eigenvalue weighted by atomic mass is 16.1. The Morgan fingerprint density at radius 3 is 2.36 bits per heavy atom. The third kappa shape index (κ3) is 4.36. The van der Waals surface area contributed by atoms with Crippen molar-refractivity contribution in [3.05, 3.63) is 76.9 Å². The third-order valence-corrected chi connectivity index (χ3v) is 6.15. The lowest BCUT2D eigenvalue weighted by atomic mass is 9.94. The van der Waals surface area contributed by atoms with Gasteiger partial charge in [0.05, 0.1) is 0 Å². The van der Waals surface area contributed by atoms with E-state index in [1.54, 1.807) is 5.57 Å². The summed E-state index contributed by atoms with van der Waals surface area (Å²) >= 11 is 0. The van der Waals surface area contributed by atoms with E-state index in [9.17, 15) is 4.79 Å². The number of hydrogen-bond donors (Lipinski definition) is 1. The smallest absolute Gasteiger partial charge is 0.251 e. The summed E-state index contributed by atoms with van der Waals surface area (Å²) in [4.78, 5) is 14.7. The molecule has 2 unspecified atom stereocenters. The SMILES string of the molecule is CCNC(=O)c1ccc(C=C2CC3CCC(C2)N3CCc2ccccc2)cc1. The van der Waals surface area contributed by atoms with Gasteiger partial charge in [0.2, 0.25) is 0 Å². The molecule has 28 heavy (non-hydrogen) atoms. The average Bonchev–Trinajstić information content (AvgIpc) is 2.96. The van der Waals surface area contributed by atoms with E-state index in [2.05, 4.69) is 58.8 Å². The molecular formula is C25H30N2O. The highest BCUT2D eigenvalue weighted by Crippen LogP contribution is 2.39. The average molecular weight is 375 g/mol. The quantitative estimate of drug-likeness (QED) is 0.796. The summed E-state index contributed by atoms with van der Waals surface area (Å²) in [5.41, 5.74) is 4.95. The molecule has 1 amide bonds. The summed E-state index contributed by atoms with van der Waals surface area (Å²) in [7, 11) is 0. The summed E-state index contributed by atoms with van der Waals surface area (Å²) in [5, 5.41) is 2.85. The fourth-order valence-corrected chi connectivity index (χ4v) is 4.76. The maximum Gasteiger partial charge on any atom is 0.251 e. The van der Waals surface area contributed by atoms with Crippen molar-refractivity contribution in [2.75, 3.05) is 13.1 Å². The Balaban J connectivity index is 1.37. The van der Waals surface area contributed by atoms with Crippen LogP contribution in [0.5, 0.6) is 0 Å². The lowest BCUT2D eigenvalue weighted by Crippen LogP contribution is -2.41. The molecule has 4 rings (SSSR count). The molecule has 2 aliphatic rings. The Bertz CT molecular complexity index is 809. The molecule has 2 aromatic carbocycles. The second kappa shape index (κ2) is 8.74. The maximum atomic E-state index is 11.9. The standard InChI is InChI=1S/C25H30N2O/c1-2-26-25(28)22-10-8-20(9-11-22)16-21-17-23-12-13-24(18-21)27(23)15-14-19-6-4-3-5-7-19/h3-11,16,23-24H,2,12-15,17-18H2,1H3,(H,26,28). The monoisotopic (exact) mass is 374 g/mol. The minimum atomic E-state index is 0.00599. The van der Waals surface area contributed by atoms with Crippen molar-refractivity contribution in [2.45, 2.75) is 51.1 Å². The van der Waals surface area contributed by atoms with Gasteiger partial charge >= 0.3 is 0 Å². The highest BCUT2D eigenvalue weighted by Gasteiger charge is 2.37. The first kappa shape index (κ1) is 18.9. The van der Waals surface area contributed by atoms with Crippen LogP contribution >= 0.6 is 0 Å². The van der Waals surface area contributed by atoms with Crippen LogP contribution < -0.4 is 5.32 Å². The van der Waals surface area contributed by atoms with E-state index < -0.39 is 0 Å². The van der Waals surface area contributed by atoms with Crippen molar-refractivity contribution >= 4 is 12.0 Å². The Labute approximate surface area is 168 Å². The van der Waals surface area contributed by atoms with E-state index in [0.29, 0.717) is 18.6 Å². The normalized spacial score (nSPS) is 21.5. The summed E-state index contributed by atoms with van der Waals surface area (Å²) in [5.74, 6) is 0.00599. The van der Waals surface area contributed by atoms with E-state index in [0.717, 1.165) is 12.0 Å². The van der Waals surface area contributed by atoms with Crippen molar-refractivity contribution in [3.63, 3.8) is 0 Å². The molecule has 1 N–H and O–H groups in total. The molecule has 2 fully saturated rings. The molecule has 2 bridgehead atoms. The highest BCUT2D eigenvalue weighted by molar-refractivity contribution is 5.94. The third-order valence-electron chi connectivity index (χ3n) is 6.15. The van der Waals surface area contributed by atoms with Gasteiger partial charge in [-0.3, -0.25) is 9.69 Å². The van der Waals surface area contributed by atoms with Crippen LogP contribution in [0.15, 0.2) is 60.2 Å². The fraction of sp³-hybridized carbons (Fsp3) is 0.400. The number of carbonyl (C=O) groups excluding carboxylic acids is 1. The number of hydrogen-bond acceptors (Lipinski definition) is 2. The molecule has 0 aliphatic carbocycles. The van der Waals surface area contributed by atoms with Gasteiger partial charge in [0.25, 0.3) is 5.91 Å². The van der Waals surface area contributed by atoms with Gasteiger partial charge in [0, 0.05) is 30.7 Å². The lowest BCUT2D eigenvalue weighted by molar-refractivity contribution is 0.0956. The molecule has 0 spiro atoms. The predicted molar refractivity (Wildman–Crippen MR) is 115 cm³/mol. The van der Waals surface area contributed by atoms with Crippen LogP contribution in [-0.2, 0) is 6.42 Å². The van der Waals surface area contributed by atoms with Gasteiger partial charge in [0.15, 0.2) is 0 Å². The Morgan fingerprint density at radius 1 is 1.04 bits per heavy atom. The second-order valence-corrected chi connectivity index (χ2v) is 8.05. The zero-order valence-electron chi connectivity index (χ0n) is 16.7. The second-order valence-electron chi connectivity index (χ2n) is 8.05. The molecule has 146 valence electrons. The topological polar surface area (TPSA) is 32.3 Å². The molecule has 2 heterocycles. The molecule has 2 aliphatic heterocycles. The first-order chi connectivity index (χ1) is 13.7. The first-order valence-corrected chi connectivity index (χ1v) is 10.6. The van der Waals surface area contributed by atoms with Crippen molar-refractivity contribution in [2.24, 2.45) is 0 Å². The Kier molecular flexibility index (Phi) is 5.92. The van der Waals surface area contributed by atoms with Gasteiger partial charge < -0.3 is 5.32 Å². The Hall–Kier alpha value is -2.39. The van der Waals surface area contributed by atoms with E-state index in [1.807, 2.05) is 19.1 Å². The minimum Gasteiger partial charge on any atom is -0.352 e. The molecular weight excluding hydrogens is 344 g/mol. The summed E-state index contributed by atoms with van der Waals surface area (Å²) in [6, 6.07) is 20.2. The minimum absolute atomic E-state index is 0.00599. The van der Waals surface area contributed by atoms with Gasteiger partial charge in [-0.1, -0.05) is 54.1 Å². The van der Waals surface area contributed by atoms with Crippen molar-refractivity contribution in [3.8, 4) is 0 Å². The molecule has 2 aromatic rings. The van der Waals surface area contributed by atoms with Gasteiger partial charge in [0.1, 0.15) is 0 Å². The number of fused-ring (bicyclic) bond motifs is 2. The zero-order valence-corrected chi connectivity index (χ0v) is 16.7. The van der Waals surface area contributed by atoms with Crippen LogP contribution in [0.1, 0.15) is 54.1 Å². The molecule has 0 aromatic heterocycles. The predicted octanol–water partition coefficient (Wildman–Crippen LogP) is 4.69. The largest absolute Gasteiger partial charge is 0.352 e. The van der Waals surface area contributed by atoms with E-state index in [4.69, 9.17) is 0 Å². The molecule has 0 saturated carbocycles. The van der Waals surface area contributed by atoms with Gasteiger partial charge in [-0.15, -0.1) is 0 Å². The van der Waals surface area contributed by atoms with Gasteiger partial charge in [-0.2, -0.15) is 0 Å². The molecule has 3 heteroatoms. The number of carbonyl (C=O) groups is 1. The molecule has 0 radical (unpaired) electrons. The zero-order chi connectivity index (χ0) is 19.3. The van der Waals surface area contributed by atoms with Crippen molar-refractivity contribution in [1.29, 1.82) is 0 Å². The van der Waals surface area contributed by atoms with E-state index in [-0.39, 0.29) is 5.91 Å². The summed E-state index contributed by atoms with van der Waals surface area (Å²) in [6.07, 6.45) is 8.52. The number of rotatable bonds is 6. The summed E-state index contributed by atoms with van der Waals surface area (Å²) < 4.78 is 0. The van der Waals surface area contributed by atoms with E-state index >= 15 is 0 Å². The van der Waals surface area contributed by atoms with Crippen LogP contribution in [0.25, 0.3) is 6.08 Å². The molecule has 2 atom stereocenters. The van der Waals surface area contributed by atoms with Crippen LogP contribution in [0.2, 0.25) is 0 Å². The molecule has 2 saturated heterocycles. The number of piperidine rings is 1. The lowest BCUT2D eigenvalue weighted by Gasteiger charge is -2.36.